The van der Waals surface area contributed by atoms with Crippen LogP contribution in [0.3, 0.4) is 0 Å². The Morgan fingerprint density at radius 3 is 1.80 bits per heavy atom. The number of carbonyl (C=O) groups excluding carboxylic acids is 1. The van der Waals surface area contributed by atoms with Crippen LogP contribution in [0.2, 0.25) is 0 Å². The van der Waals surface area contributed by atoms with Gasteiger partial charge in [0.2, 0.25) is 5.91 Å². The summed E-state index contributed by atoms with van der Waals surface area (Å²) in [5, 5.41) is 3.02. The Bertz CT molecular complexity index is 639. The summed E-state index contributed by atoms with van der Waals surface area (Å²) in [4.78, 5) is 12.2. The summed E-state index contributed by atoms with van der Waals surface area (Å²) in [7, 11) is 6.39. The van der Waals surface area contributed by atoms with Crippen molar-refractivity contribution < 1.29 is 14.0 Å². The molecule has 0 fully saturated rings. The van der Waals surface area contributed by atoms with Gasteiger partial charge in [0.25, 0.3) is 0 Å². The van der Waals surface area contributed by atoms with E-state index in [1.165, 1.54) is 96.3 Å². The molecule has 0 aliphatic rings. The summed E-state index contributed by atoms with van der Waals surface area (Å²) in [6, 6.07) is 7.98. The van der Waals surface area contributed by atoms with Gasteiger partial charge in [0.05, 0.1) is 47.3 Å². The van der Waals surface area contributed by atoms with Crippen LogP contribution in [-0.4, -0.2) is 51.2 Å². The van der Waals surface area contributed by atoms with Crippen LogP contribution < -0.4 is 10.1 Å². The molecule has 0 radical (unpaired) electrons. The normalized spacial score (nSPS) is 11.5. The molecule has 0 aliphatic carbocycles. The Hall–Kier alpha value is -1.55. The van der Waals surface area contributed by atoms with E-state index >= 15 is 0 Å². The second-order valence-electron chi connectivity index (χ2n) is 11.3. The van der Waals surface area contributed by atoms with Gasteiger partial charge in [-0.05, 0) is 24.1 Å². The van der Waals surface area contributed by atoms with Crippen LogP contribution in [0.5, 0.6) is 5.75 Å². The van der Waals surface area contributed by atoms with Gasteiger partial charge in [-0.2, -0.15) is 0 Å². The number of hydrogen-bond acceptors (Lipinski definition) is 2. The van der Waals surface area contributed by atoms with Crippen molar-refractivity contribution in [1.82, 2.24) is 5.32 Å². The lowest BCUT2D eigenvalue weighted by Crippen LogP contribution is -2.42. The van der Waals surface area contributed by atoms with Crippen molar-refractivity contribution >= 4 is 5.91 Å². The molecule has 1 amide bonds. The Morgan fingerprint density at radius 1 is 0.771 bits per heavy atom. The van der Waals surface area contributed by atoms with E-state index in [4.69, 9.17) is 4.74 Å². The van der Waals surface area contributed by atoms with E-state index in [9.17, 15) is 4.79 Å². The zero-order valence-corrected chi connectivity index (χ0v) is 23.7. The standard InChI is InChI=1S/C31H56N2O2/c1-5-6-7-8-9-10-11-12-13-14-15-16-17-18-19-20-26-35-30-23-21-22-29(27-30)28-31(34)32-24-25-33(2,3)4/h21-23,27H,5-20,24-26,28H2,1-4H3/p+1. The molecule has 0 saturated heterocycles. The van der Waals surface area contributed by atoms with Crippen LogP contribution in [0.4, 0.5) is 0 Å². The number of unbranched alkanes of at least 4 members (excludes halogenated alkanes) is 15. The highest BCUT2D eigenvalue weighted by Crippen LogP contribution is 2.16. The van der Waals surface area contributed by atoms with Gasteiger partial charge in [0.15, 0.2) is 0 Å². The number of likely N-dealkylation sites (N-methyl/N-ethyl adjacent to an activating group) is 1. The predicted molar refractivity (Wildman–Crippen MR) is 151 cm³/mol. The summed E-state index contributed by atoms with van der Waals surface area (Å²) < 4.78 is 6.79. The molecular weight excluding hydrogens is 432 g/mol. The number of nitrogens with one attached hydrogen (secondary N) is 1. The number of amides is 1. The van der Waals surface area contributed by atoms with Crippen molar-refractivity contribution in [3.05, 3.63) is 29.8 Å². The van der Waals surface area contributed by atoms with Crippen molar-refractivity contribution in [2.75, 3.05) is 40.8 Å². The maximum Gasteiger partial charge on any atom is 0.224 e. The van der Waals surface area contributed by atoms with E-state index in [0.717, 1.165) is 35.4 Å². The van der Waals surface area contributed by atoms with Crippen molar-refractivity contribution in [2.24, 2.45) is 0 Å². The smallest absolute Gasteiger partial charge is 0.224 e. The highest BCUT2D eigenvalue weighted by atomic mass is 16.5. The average Bonchev–Trinajstić information content (AvgIpc) is 2.80. The van der Waals surface area contributed by atoms with Crippen LogP contribution in [0.1, 0.15) is 115 Å². The summed E-state index contributed by atoms with van der Waals surface area (Å²) in [6.07, 6.45) is 22.5. The number of ether oxygens (including phenoxy) is 1. The Kier molecular flexibility index (Phi) is 18.5. The minimum absolute atomic E-state index is 0.0772. The minimum Gasteiger partial charge on any atom is -0.494 e. The van der Waals surface area contributed by atoms with Crippen LogP contribution in [0.25, 0.3) is 0 Å². The van der Waals surface area contributed by atoms with Gasteiger partial charge >= 0.3 is 0 Å². The molecule has 0 saturated carbocycles. The quantitative estimate of drug-likeness (QED) is 0.126. The molecule has 4 nitrogen and oxygen atoms in total. The first-order valence-corrected chi connectivity index (χ1v) is 14.7. The van der Waals surface area contributed by atoms with Gasteiger partial charge in [0.1, 0.15) is 5.75 Å². The highest BCUT2D eigenvalue weighted by molar-refractivity contribution is 5.78. The van der Waals surface area contributed by atoms with E-state index in [1.807, 2.05) is 24.3 Å². The largest absolute Gasteiger partial charge is 0.494 e. The summed E-state index contributed by atoms with van der Waals surface area (Å²) >= 11 is 0. The monoisotopic (exact) mass is 489 g/mol. The van der Waals surface area contributed by atoms with Gasteiger partial charge < -0.3 is 14.5 Å². The molecule has 1 rings (SSSR count). The third-order valence-corrected chi connectivity index (χ3v) is 6.63. The summed E-state index contributed by atoms with van der Waals surface area (Å²) in [5.74, 6) is 0.955. The van der Waals surface area contributed by atoms with Crippen LogP contribution in [-0.2, 0) is 11.2 Å². The van der Waals surface area contributed by atoms with E-state index in [1.54, 1.807) is 0 Å². The Balaban J connectivity index is 1.95. The topological polar surface area (TPSA) is 38.3 Å². The fraction of sp³-hybridized carbons (Fsp3) is 0.774. The minimum atomic E-state index is 0.0772. The molecule has 4 heteroatoms. The highest BCUT2D eigenvalue weighted by Gasteiger charge is 2.09. The zero-order chi connectivity index (χ0) is 25.6. The molecular formula is C31H57N2O2+. The van der Waals surface area contributed by atoms with E-state index in [2.05, 4.69) is 33.4 Å². The van der Waals surface area contributed by atoms with Gasteiger partial charge in [-0.1, -0.05) is 115 Å². The van der Waals surface area contributed by atoms with Crippen LogP contribution >= 0.6 is 0 Å². The number of nitrogens with zero attached hydrogens (tertiary/aromatic N) is 1. The lowest BCUT2D eigenvalue weighted by Gasteiger charge is -2.23. The molecule has 1 aromatic carbocycles. The molecule has 0 unspecified atom stereocenters. The van der Waals surface area contributed by atoms with Crippen molar-refractivity contribution in [3.8, 4) is 5.75 Å². The second-order valence-corrected chi connectivity index (χ2v) is 11.3. The predicted octanol–water partition coefficient (Wildman–Crippen LogP) is 7.69. The molecule has 35 heavy (non-hydrogen) atoms. The molecule has 0 aromatic heterocycles. The number of rotatable bonds is 23. The number of quaternary nitrogens is 1. The average molecular weight is 490 g/mol. The number of benzene rings is 1. The van der Waals surface area contributed by atoms with Crippen LogP contribution in [0.15, 0.2) is 24.3 Å². The fourth-order valence-corrected chi connectivity index (χ4v) is 4.36. The SMILES string of the molecule is CCCCCCCCCCCCCCCCCCOc1cccc(CC(=O)NCC[N+](C)(C)C)c1. The fourth-order valence-electron chi connectivity index (χ4n) is 4.36. The second kappa shape index (κ2) is 20.6. The van der Waals surface area contributed by atoms with Crippen molar-refractivity contribution in [3.63, 3.8) is 0 Å². The molecule has 1 aromatic rings. The first-order valence-electron chi connectivity index (χ1n) is 14.7. The Labute approximate surface area is 217 Å². The molecule has 0 aliphatic heterocycles. The number of carbonyl (C=O) groups is 1. The maximum absolute atomic E-state index is 12.2. The van der Waals surface area contributed by atoms with Gasteiger partial charge in [-0.3, -0.25) is 4.79 Å². The van der Waals surface area contributed by atoms with Gasteiger partial charge in [0, 0.05) is 0 Å². The van der Waals surface area contributed by atoms with Crippen LogP contribution in [0, 0.1) is 0 Å². The molecule has 1 N–H and O–H groups in total. The molecule has 202 valence electrons. The van der Waals surface area contributed by atoms with E-state index in [-0.39, 0.29) is 5.91 Å². The van der Waals surface area contributed by atoms with E-state index in [0.29, 0.717) is 13.0 Å². The maximum atomic E-state index is 12.2. The zero-order valence-electron chi connectivity index (χ0n) is 23.7. The van der Waals surface area contributed by atoms with Gasteiger partial charge in [-0.15, -0.1) is 0 Å². The number of hydrogen-bond donors (Lipinski definition) is 1. The Morgan fingerprint density at radius 2 is 1.29 bits per heavy atom. The lowest BCUT2D eigenvalue weighted by molar-refractivity contribution is -0.869. The van der Waals surface area contributed by atoms with Gasteiger partial charge in [-0.25, -0.2) is 0 Å². The molecule has 0 spiro atoms. The third kappa shape index (κ3) is 20.4. The van der Waals surface area contributed by atoms with Crippen molar-refractivity contribution in [1.29, 1.82) is 0 Å². The molecule has 0 atom stereocenters. The first-order chi connectivity index (χ1) is 16.9. The summed E-state index contributed by atoms with van der Waals surface area (Å²) in [5.41, 5.74) is 1.01. The third-order valence-electron chi connectivity index (χ3n) is 6.63. The molecule has 0 bridgehead atoms. The first kappa shape index (κ1) is 31.5. The lowest BCUT2D eigenvalue weighted by atomic mass is 10.0. The van der Waals surface area contributed by atoms with E-state index < -0.39 is 0 Å². The van der Waals surface area contributed by atoms with Crippen molar-refractivity contribution in [2.45, 2.75) is 116 Å². The summed E-state index contributed by atoms with van der Waals surface area (Å²) in [6.45, 7) is 4.68. The molecule has 0 heterocycles.